The minimum absolute atomic E-state index is 0.557. The van der Waals surface area contributed by atoms with Crippen molar-refractivity contribution in [2.45, 2.75) is 57.3 Å². The van der Waals surface area contributed by atoms with Crippen molar-refractivity contribution < 1.29 is 13.2 Å². The predicted molar refractivity (Wildman–Crippen MR) is 61.9 cm³/mol. The normalized spacial score (nSPS) is 15.4. The van der Waals surface area contributed by atoms with Crippen LogP contribution in [0, 0.1) is 0 Å². The first-order valence-corrected chi connectivity index (χ1v) is 9.44. The fourth-order valence-corrected chi connectivity index (χ4v) is 4.36. The maximum absolute atomic E-state index is 12.1. The molecule has 0 nitrogen and oxygen atoms in total. The summed E-state index contributed by atoms with van der Waals surface area (Å²) < 4.78 is 36.4. The fraction of sp³-hybridized carbons (Fsp3) is 1.00. The van der Waals surface area contributed by atoms with Gasteiger partial charge in [-0.1, -0.05) is 33.1 Å². The molecule has 0 rings (SSSR count). The van der Waals surface area contributed by atoms with Crippen LogP contribution in [-0.4, -0.2) is 12.9 Å². The molecule has 0 fully saturated rings. The molecule has 0 radical (unpaired) electrons. The van der Waals surface area contributed by atoms with Crippen LogP contribution < -0.4 is 0 Å². The van der Waals surface area contributed by atoms with E-state index >= 15 is 0 Å². The Hall–Kier alpha value is 0.587. The third-order valence-electron chi connectivity index (χ3n) is 2.37. The molecule has 0 amide bonds. The van der Waals surface area contributed by atoms with Crippen LogP contribution in [0.2, 0.25) is 11.6 Å². The van der Waals surface area contributed by atoms with E-state index in [0.717, 1.165) is 19.3 Å². The average molecular weight is 281 g/mol. The van der Waals surface area contributed by atoms with Gasteiger partial charge in [0, 0.05) is 6.42 Å². The minimum atomic E-state index is -4.16. The van der Waals surface area contributed by atoms with Crippen molar-refractivity contribution in [3.63, 3.8) is 0 Å². The molecular weight excluding hydrogens is 264 g/mol. The summed E-state index contributed by atoms with van der Waals surface area (Å²) in [6.45, 7) is 0.809. The summed E-state index contributed by atoms with van der Waals surface area (Å²) >= 11 is 12.1. The third kappa shape index (κ3) is 7.47. The molecule has 0 aromatic heterocycles. The Morgan fingerprint density at radius 1 is 1.20 bits per heavy atom. The molecule has 15 heavy (non-hydrogen) atoms. The molecular formula is C9H17Cl2F3Si. The number of hydrogen-bond donors (Lipinski definition) is 0. The minimum Gasteiger partial charge on any atom is -0.171 e. The van der Waals surface area contributed by atoms with Crippen molar-refractivity contribution in [1.29, 1.82) is 0 Å². The summed E-state index contributed by atoms with van der Waals surface area (Å²) in [7, 11) is 0. The van der Waals surface area contributed by atoms with Crippen molar-refractivity contribution in [3.8, 4) is 0 Å². The van der Waals surface area contributed by atoms with Crippen molar-refractivity contribution in [2.24, 2.45) is 0 Å². The molecule has 0 aromatic rings. The SMILES string of the molecule is CCCCC[Si](Cl)(Cl)[C@@H](C)CC(F)(F)F. The molecule has 0 bridgehead atoms. The average Bonchev–Trinajstić information content (AvgIpc) is 2.01. The first kappa shape index (κ1) is 15.6. The first-order chi connectivity index (χ1) is 6.69. The highest BCUT2D eigenvalue weighted by atomic mass is 35.7. The summed E-state index contributed by atoms with van der Waals surface area (Å²) in [6, 6.07) is 0.557. The van der Waals surface area contributed by atoms with Crippen molar-refractivity contribution in [3.05, 3.63) is 0 Å². The first-order valence-electron chi connectivity index (χ1n) is 5.13. The summed E-state index contributed by atoms with van der Waals surface area (Å²) in [5.74, 6) is 0. The lowest BCUT2D eigenvalue weighted by Gasteiger charge is -2.25. The van der Waals surface area contributed by atoms with Gasteiger partial charge in [-0.3, -0.25) is 0 Å². The van der Waals surface area contributed by atoms with E-state index < -0.39 is 24.8 Å². The highest BCUT2D eigenvalue weighted by Crippen LogP contribution is 2.41. The molecule has 0 heterocycles. The van der Waals surface area contributed by atoms with Gasteiger partial charge in [0.1, 0.15) is 0 Å². The molecule has 92 valence electrons. The van der Waals surface area contributed by atoms with Crippen LogP contribution >= 0.6 is 22.2 Å². The number of rotatable bonds is 6. The molecule has 0 aliphatic heterocycles. The second kappa shape index (κ2) is 6.35. The second-order valence-electron chi connectivity index (χ2n) is 3.94. The topological polar surface area (TPSA) is 0 Å². The van der Waals surface area contributed by atoms with E-state index in [2.05, 4.69) is 0 Å². The van der Waals surface area contributed by atoms with Gasteiger partial charge < -0.3 is 0 Å². The lowest BCUT2D eigenvalue weighted by Crippen LogP contribution is -2.28. The van der Waals surface area contributed by atoms with Crippen LogP contribution in [0.15, 0.2) is 0 Å². The fourth-order valence-electron chi connectivity index (χ4n) is 1.35. The van der Waals surface area contributed by atoms with E-state index in [1.54, 1.807) is 0 Å². The van der Waals surface area contributed by atoms with Crippen LogP contribution in [0.25, 0.3) is 0 Å². The summed E-state index contributed by atoms with van der Waals surface area (Å²) in [5.41, 5.74) is -0.627. The van der Waals surface area contributed by atoms with Gasteiger partial charge in [-0.25, -0.2) is 0 Å². The smallest absolute Gasteiger partial charge is 0.171 e. The Morgan fingerprint density at radius 2 is 1.73 bits per heavy atom. The van der Waals surface area contributed by atoms with E-state index in [0.29, 0.717) is 6.04 Å². The standard InChI is InChI=1S/C9H17Cl2F3Si/c1-3-4-5-6-15(10,11)8(2)7-9(12,13)14/h8H,3-7H2,1-2H3/t8-/m0/s1. The zero-order valence-corrected chi connectivity index (χ0v) is 11.5. The highest BCUT2D eigenvalue weighted by Gasteiger charge is 2.41. The van der Waals surface area contributed by atoms with Gasteiger partial charge in [-0.15, -0.1) is 22.2 Å². The molecule has 0 aliphatic rings. The van der Waals surface area contributed by atoms with Gasteiger partial charge in [0.25, 0.3) is 6.69 Å². The van der Waals surface area contributed by atoms with Gasteiger partial charge in [-0.05, 0) is 11.6 Å². The van der Waals surface area contributed by atoms with E-state index in [1.165, 1.54) is 6.92 Å². The Kier molecular flexibility index (Phi) is 6.60. The largest absolute Gasteiger partial charge is 0.389 e. The quantitative estimate of drug-likeness (QED) is 0.345. The number of halogens is 5. The number of unbranched alkanes of at least 4 members (excludes halogenated alkanes) is 2. The van der Waals surface area contributed by atoms with E-state index in [9.17, 15) is 13.2 Å². The van der Waals surface area contributed by atoms with Gasteiger partial charge in [-0.2, -0.15) is 13.2 Å². The Balaban J connectivity index is 4.07. The van der Waals surface area contributed by atoms with E-state index in [1.807, 2.05) is 6.92 Å². The summed E-state index contributed by atoms with van der Waals surface area (Å²) in [5, 5.41) is 0. The van der Waals surface area contributed by atoms with Crippen molar-refractivity contribution in [2.75, 3.05) is 0 Å². The van der Waals surface area contributed by atoms with E-state index in [-0.39, 0.29) is 0 Å². The number of hydrogen-bond acceptors (Lipinski definition) is 0. The lowest BCUT2D eigenvalue weighted by atomic mass is 10.3. The summed E-state index contributed by atoms with van der Waals surface area (Å²) in [4.78, 5) is 0. The summed E-state index contributed by atoms with van der Waals surface area (Å²) in [6.07, 6.45) is -2.19. The van der Waals surface area contributed by atoms with Gasteiger partial charge >= 0.3 is 6.18 Å². The molecule has 0 saturated heterocycles. The Bertz CT molecular complexity index is 183. The molecule has 1 atom stereocenters. The van der Waals surface area contributed by atoms with Crippen LogP contribution in [0.3, 0.4) is 0 Å². The zero-order valence-electron chi connectivity index (χ0n) is 9.00. The van der Waals surface area contributed by atoms with Crippen molar-refractivity contribution >= 4 is 28.9 Å². The molecule has 0 aromatic carbocycles. The highest BCUT2D eigenvalue weighted by molar-refractivity contribution is 7.46. The second-order valence-corrected chi connectivity index (χ2v) is 11.6. The van der Waals surface area contributed by atoms with Gasteiger partial charge in [0.15, 0.2) is 0 Å². The lowest BCUT2D eigenvalue weighted by molar-refractivity contribution is -0.134. The van der Waals surface area contributed by atoms with Crippen LogP contribution in [0.4, 0.5) is 13.2 Å². The van der Waals surface area contributed by atoms with Crippen LogP contribution in [0.5, 0.6) is 0 Å². The molecule has 0 unspecified atom stereocenters. The maximum atomic E-state index is 12.1. The van der Waals surface area contributed by atoms with Crippen molar-refractivity contribution in [1.82, 2.24) is 0 Å². The molecule has 0 spiro atoms. The molecule has 0 aliphatic carbocycles. The molecule has 0 N–H and O–H groups in total. The number of alkyl halides is 3. The third-order valence-corrected chi connectivity index (χ3v) is 8.41. The predicted octanol–water partition coefficient (Wildman–Crippen LogP) is 5.44. The van der Waals surface area contributed by atoms with E-state index in [4.69, 9.17) is 22.2 Å². The molecule has 6 heteroatoms. The van der Waals surface area contributed by atoms with Gasteiger partial charge in [0.05, 0.1) is 0 Å². The van der Waals surface area contributed by atoms with Crippen LogP contribution in [-0.2, 0) is 0 Å². The Morgan fingerprint density at radius 3 is 2.13 bits per heavy atom. The maximum Gasteiger partial charge on any atom is 0.389 e. The Labute approximate surface area is 99.6 Å². The zero-order chi connectivity index (χ0) is 12.1. The van der Waals surface area contributed by atoms with Crippen LogP contribution in [0.1, 0.15) is 39.5 Å². The van der Waals surface area contributed by atoms with Gasteiger partial charge in [0.2, 0.25) is 0 Å². The monoisotopic (exact) mass is 280 g/mol. The molecule has 0 saturated carbocycles.